The summed E-state index contributed by atoms with van der Waals surface area (Å²) in [7, 11) is 1.61. The van der Waals surface area contributed by atoms with E-state index in [0.717, 1.165) is 5.56 Å². The van der Waals surface area contributed by atoms with Crippen molar-refractivity contribution in [2.24, 2.45) is 0 Å². The van der Waals surface area contributed by atoms with Gasteiger partial charge in [-0.25, -0.2) is 4.98 Å². The van der Waals surface area contributed by atoms with Crippen molar-refractivity contribution in [3.63, 3.8) is 0 Å². The van der Waals surface area contributed by atoms with Crippen LogP contribution >= 0.6 is 0 Å². The predicted molar refractivity (Wildman–Crippen MR) is 53.6 cm³/mol. The molecule has 0 aromatic carbocycles. The molecule has 0 amide bonds. The highest BCUT2D eigenvalue weighted by molar-refractivity contribution is 5.15. The van der Waals surface area contributed by atoms with Crippen molar-refractivity contribution in [1.82, 2.24) is 4.98 Å². The highest BCUT2D eigenvalue weighted by atomic mass is 16.5. The van der Waals surface area contributed by atoms with E-state index in [-0.39, 0.29) is 7.43 Å². The third kappa shape index (κ3) is 4.72. The Morgan fingerprint density at radius 3 is 2.17 bits per heavy atom. The Morgan fingerprint density at radius 2 is 1.83 bits per heavy atom. The molecule has 70 valence electrons. The van der Waals surface area contributed by atoms with Gasteiger partial charge in [-0.05, 0) is 12.5 Å². The van der Waals surface area contributed by atoms with E-state index in [1.165, 1.54) is 0 Å². The summed E-state index contributed by atoms with van der Waals surface area (Å²) in [6.45, 7) is 5.99. The Morgan fingerprint density at radius 1 is 1.25 bits per heavy atom. The van der Waals surface area contributed by atoms with Gasteiger partial charge in [0, 0.05) is 12.3 Å². The summed E-state index contributed by atoms with van der Waals surface area (Å²) in [5, 5.41) is 0. The molecule has 2 heteroatoms. The number of nitrogens with zero attached hydrogens (tertiary/aromatic N) is 1. The number of aromatic nitrogens is 1. The molecule has 0 atom stereocenters. The van der Waals surface area contributed by atoms with Crippen LogP contribution in [0.2, 0.25) is 0 Å². The lowest BCUT2D eigenvalue weighted by molar-refractivity contribution is 0.397. The number of hydrogen-bond donors (Lipinski definition) is 0. The Balaban J connectivity index is 0. The van der Waals surface area contributed by atoms with Gasteiger partial charge in [0.05, 0.1) is 7.11 Å². The fourth-order valence-electron chi connectivity index (χ4n) is 0.575. The first kappa shape index (κ1) is 13.5. The lowest BCUT2D eigenvalue weighted by atomic mass is 10.3. The molecule has 0 unspecified atom stereocenters. The first-order valence-electron chi connectivity index (χ1n) is 3.79. The van der Waals surface area contributed by atoms with Crippen LogP contribution in [-0.4, -0.2) is 12.1 Å². The zero-order valence-electron chi connectivity index (χ0n) is 7.59. The fraction of sp³-hybridized carbons (Fsp3) is 0.500. The lowest BCUT2D eigenvalue weighted by Crippen LogP contribution is -1.85. The zero-order chi connectivity index (χ0) is 8.69. The number of ether oxygens (including phenoxy) is 1. The van der Waals surface area contributed by atoms with Crippen LogP contribution in [0, 0.1) is 6.92 Å². The minimum absolute atomic E-state index is 0. The molecule has 2 nitrogen and oxygen atoms in total. The van der Waals surface area contributed by atoms with Crippen molar-refractivity contribution < 1.29 is 4.74 Å². The molecule has 0 aliphatic rings. The average Bonchev–Trinajstić information content (AvgIpc) is 2.10. The molecule has 0 fully saturated rings. The fourth-order valence-corrected chi connectivity index (χ4v) is 0.575. The van der Waals surface area contributed by atoms with E-state index >= 15 is 0 Å². The number of methoxy groups -OCH3 is 1. The second-order valence-corrected chi connectivity index (χ2v) is 1.88. The molecule has 0 aliphatic carbocycles. The van der Waals surface area contributed by atoms with Crippen LogP contribution in [0.3, 0.4) is 0 Å². The van der Waals surface area contributed by atoms with Crippen molar-refractivity contribution in [3.05, 3.63) is 23.9 Å². The SMILES string of the molecule is C.CC.COc1ccc(C)cn1. The second kappa shape index (κ2) is 8.05. The third-order valence-electron chi connectivity index (χ3n) is 1.09. The van der Waals surface area contributed by atoms with E-state index in [0.29, 0.717) is 5.88 Å². The molecule has 1 aromatic rings. The monoisotopic (exact) mass is 169 g/mol. The molecule has 0 saturated heterocycles. The van der Waals surface area contributed by atoms with Gasteiger partial charge in [-0.15, -0.1) is 0 Å². The summed E-state index contributed by atoms with van der Waals surface area (Å²) >= 11 is 0. The summed E-state index contributed by atoms with van der Waals surface area (Å²) in [6, 6.07) is 3.81. The number of hydrogen-bond acceptors (Lipinski definition) is 2. The molecular weight excluding hydrogens is 150 g/mol. The normalized spacial score (nSPS) is 7.33. The van der Waals surface area contributed by atoms with Gasteiger partial charge >= 0.3 is 0 Å². The summed E-state index contributed by atoms with van der Waals surface area (Å²) < 4.78 is 4.86. The van der Waals surface area contributed by atoms with E-state index < -0.39 is 0 Å². The summed E-state index contributed by atoms with van der Waals surface area (Å²) in [5.74, 6) is 0.667. The molecule has 1 aromatic heterocycles. The topological polar surface area (TPSA) is 22.1 Å². The van der Waals surface area contributed by atoms with Crippen molar-refractivity contribution in [3.8, 4) is 5.88 Å². The summed E-state index contributed by atoms with van der Waals surface area (Å²) in [4.78, 5) is 3.97. The van der Waals surface area contributed by atoms with Crippen LogP contribution in [0.15, 0.2) is 18.3 Å². The van der Waals surface area contributed by atoms with Crippen LogP contribution in [0.4, 0.5) is 0 Å². The van der Waals surface area contributed by atoms with Crippen LogP contribution in [0.25, 0.3) is 0 Å². The van der Waals surface area contributed by atoms with Gasteiger partial charge in [-0.1, -0.05) is 27.3 Å². The van der Waals surface area contributed by atoms with Crippen LogP contribution in [0.1, 0.15) is 26.8 Å². The molecule has 1 rings (SSSR count). The molecule has 0 saturated carbocycles. The maximum Gasteiger partial charge on any atom is 0.212 e. The van der Waals surface area contributed by atoms with Crippen molar-refractivity contribution in [2.45, 2.75) is 28.2 Å². The number of rotatable bonds is 1. The molecule has 0 spiro atoms. The molecule has 0 radical (unpaired) electrons. The third-order valence-corrected chi connectivity index (χ3v) is 1.09. The van der Waals surface area contributed by atoms with E-state index in [2.05, 4.69) is 4.98 Å². The average molecular weight is 169 g/mol. The lowest BCUT2D eigenvalue weighted by Gasteiger charge is -1.95. The quantitative estimate of drug-likeness (QED) is 0.644. The maximum atomic E-state index is 4.86. The van der Waals surface area contributed by atoms with E-state index in [1.54, 1.807) is 13.3 Å². The number of pyridine rings is 1. The van der Waals surface area contributed by atoms with Crippen molar-refractivity contribution >= 4 is 0 Å². The van der Waals surface area contributed by atoms with Gasteiger partial charge in [0.15, 0.2) is 0 Å². The molecule has 0 N–H and O–H groups in total. The Kier molecular flexibility index (Phi) is 9.08. The Labute approximate surface area is 75.6 Å². The minimum atomic E-state index is 0. The maximum absolute atomic E-state index is 4.86. The molecule has 1 heterocycles. The van der Waals surface area contributed by atoms with Gasteiger partial charge in [0.2, 0.25) is 5.88 Å². The van der Waals surface area contributed by atoms with E-state index in [4.69, 9.17) is 4.74 Å². The van der Waals surface area contributed by atoms with E-state index in [1.807, 2.05) is 32.9 Å². The largest absolute Gasteiger partial charge is 0.481 e. The van der Waals surface area contributed by atoms with Gasteiger partial charge in [-0.3, -0.25) is 0 Å². The van der Waals surface area contributed by atoms with Gasteiger partial charge < -0.3 is 4.74 Å². The van der Waals surface area contributed by atoms with Gasteiger partial charge in [0.25, 0.3) is 0 Å². The van der Waals surface area contributed by atoms with Gasteiger partial charge in [-0.2, -0.15) is 0 Å². The van der Waals surface area contributed by atoms with Crippen LogP contribution in [0.5, 0.6) is 5.88 Å². The highest BCUT2D eigenvalue weighted by Gasteiger charge is 1.87. The van der Waals surface area contributed by atoms with Crippen molar-refractivity contribution in [2.75, 3.05) is 7.11 Å². The smallest absolute Gasteiger partial charge is 0.212 e. The predicted octanol–water partition coefficient (Wildman–Crippen LogP) is 3.06. The van der Waals surface area contributed by atoms with Gasteiger partial charge in [0.1, 0.15) is 0 Å². The number of aryl methyl sites for hydroxylation is 1. The van der Waals surface area contributed by atoms with Crippen molar-refractivity contribution in [1.29, 1.82) is 0 Å². The van der Waals surface area contributed by atoms with Crippen LogP contribution < -0.4 is 4.74 Å². The van der Waals surface area contributed by atoms with E-state index in [9.17, 15) is 0 Å². The first-order chi connectivity index (χ1) is 5.33. The standard InChI is InChI=1S/C7H9NO.C2H6.CH4/c1-6-3-4-7(9-2)8-5-6;1-2;/h3-5H,1-2H3;1-2H3;1H4. The highest BCUT2D eigenvalue weighted by Crippen LogP contribution is 2.04. The molecule has 0 aliphatic heterocycles. The van der Waals surface area contributed by atoms with Crippen LogP contribution in [-0.2, 0) is 0 Å². The zero-order valence-corrected chi connectivity index (χ0v) is 7.59. The first-order valence-corrected chi connectivity index (χ1v) is 3.79. The molecule has 12 heavy (non-hydrogen) atoms. The minimum Gasteiger partial charge on any atom is -0.481 e. The Hall–Kier alpha value is -1.05. The summed E-state index contributed by atoms with van der Waals surface area (Å²) in [6.07, 6.45) is 1.78. The molecular formula is C10H19NO. The summed E-state index contributed by atoms with van der Waals surface area (Å²) in [5.41, 5.74) is 1.15. The Bertz CT molecular complexity index is 182. The second-order valence-electron chi connectivity index (χ2n) is 1.88. The molecule has 0 bridgehead atoms.